The summed E-state index contributed by atoms with van der Waals surface area (Å²) in [5.74, 6) is -0.563. The van der Waals surface area contributed by atoms with Crippen molar-refractivity contribution in [3.05, 3.63) is 34.5 Å². The van der Waals surface area contributed by atoms with Crippen LogP contribution in [0.25, 0.3) is 10.4 Å². The smallest absolute Gasteiger partial charge is 0.237 e. The third kappa shape index (κ3) is 4.55. The van der Waals surface area contributed by atoms with Gasteiger partial charge in [0.05, 0.1) is 33.7 Å². The highest BCUT2D eigenvalue weighted by molar-refractivity contribution is 7.13. The molecule has 3 rings (SSSR count). The van der Waals surface area contributed by atoms with Gasteiger partial charge in [0.2, 0.25) is 5.91 Å². The minimum absolute atomic E-state index is 0.103. The summed E-state index contributed by atoms with van der Waals surface area (Å²) in [6, 6.07) is 2.55. The maximum atomic E-state index is 13.3. The van der Waals surface area contributed by atoms with Crippen molar-refractivity contribution in [1.29, 1.82) is 0 Å². The molecule has 1 amide bonds. The molecule has 8 heteroatoms. The number of nitrogens with one attached hydrogen (secondary N) is 2. The molecule has 2 atom stereocenters. The lowest BCUT2D eigenvalue weighted by Gasteiger charge is -2.27. The van der Waals surface area contributed by atoms with Crippen molar-refractivity contribution in [2.75, 3.05) is 6.54 Å². The van der Waals surface area contributed by atoms with Gasteiger partial charge in [-0.3, -0.25) is 9.59 Å². The van der Waals surface area contributed by atoms with Gasteiger partial charge in [0, 0.05) is 17.7 Å². The number of rotatable bonds is 6. The lowest BCUT2D eigenvalue weighted by Crippen LogP contribution is -2.42. The molecular formula is C22H30N4O3S. The van der Waals surface area contributed by atoms with Crippen LogP contribution in [0.15, 0.2) is 17.6 Å². The van der Waals surface area contributed by atoms with Crippen LogP contribution < -0.4 is 16.4 Å². The Morgan fingerprint density at radius 2 is 2.13 bits per heavy atom. The van der Waals surface area contributed by atoms with E-state index < -0.39 is 11.5 Å². The first-order valence-corrected chi connectivity index (χ1v) is 11.1. The van der Waals surface area contributed by atoms with Crippen LogP contribution >= 0.6 is 11.3 Å². The Hall–Kier alpha value is -2.29. The Bertz CT molecular complexity index is 942. The van der Waals surface area contributed by atoms with Crippen LogP contribution in [0, 0.1) is 12.3 Å². The summed E-state index contributed by atoms with van der Waals surface area (Å²) in [6.45, 7) is 8.50. The van der Waals surface area contributed by atoms with Crippen molar-refractivity contribution in [2.24, 2.45) is 11.1 Å². The third-order valence-corrected chi connectivity index (χ3v) is 6.51. The van der Waals surface area contributed by atoms with Crippen molar-refractivity contribution < 1.29 is 14.7 Å². The summed E-state index contributed by atoms with van der Waals surface area (Å²) in [5, 5.41) is 17.1. The van der Waals surface area contributed by atoms with Crippen molar-refractivity contribution in [3.63, 3.8) is 0 Å². The van der Waals surface area contributed by atoms with Crippen molar-refractivity contribution in [3.8, 4) is 16.2 Å². The summed E-state index contributed by atoms with van der Waals surface area (Å²) in [4.78, 5) is 30.8. The van der Waals surface area contributed by atoms with Crippen LogP contribution in [-0.4, -0.2) is 40.4 Å². The Balaban J connectivity index is 1.97. The van der Waals surface area contributed by atoms with Gasteiger partial charge in [0.25, 0.3) is 0 Å². The first-order valence-electron chi connectivity index (χ1n) is 10.2. The van der Waals surface area contributed by atoms with Crippen molar-refractivity contribution in [1.82, 2.24) is 15.6 Å². The Kier molecular flexibility index (Phi) is 6.59. The molecule has 0 bridgehead atoms. The summed E-state index contributed by atoms with van der Waals surface area (Å²) < 4.78 is 0. The summed E-state index contributed by atoms with van der Waals surface area (Å²) in [6.07, 6.45) is 1.77. The van der Waals surface area contributed by atoms with Gasteiger partial charge in [0.15, 0.2) is 5.78 Å². The molecule has 1 aromatic carbocycles. The molecule has 1 unspecified atom stereocenters. The molecule has 0 aliphatic carbocycles. The maximum Gasteiger partial charge on any atom is 0.237 e. The van der Waals surface area contributed by atoms with Crippen LogP contribution in [-0.2, 0) is 11.3 Å². The largest absolute Gasteiger partial charge is 0.507 e. The topological polar surface area (TPSA) is 117 Å². The predicted molar refractivity (Wildman–Crippen MR) is 119 cm³/mol. The van der Waals surface area contributed by atoms with E-state index in [1.807, 2.05) is 27.7 Å². The van der Waals surface area contributed by atoms with Gasteiger partial charge in [0.1, 0.15) is 5.75 Å². The number of hydrogen-bond acceptors (Lipinski definition) is 7. The minimum atomic E-state index is -0.789. The van der Waals surface area contributed by atoms with Crippen LogP contribution in [0.1, 0.15) is 55.2 Å². The predicted octanol–water partition coefficient (Wildman–Crippen LogP) is 2.75. The molecule has 0 spiro atoms. The number of aromatic nitrogens is 1. The summed E-state index contributed by atoms with van der Waals surface area (Å²) in [7, 11) is 0. The highest BCUT2D eigenvalue weighted by Gasteiger charge is 2.33. The number of nitrogens with zero attached hydrogens (tertiary/aromatic N) is 1. The quantitative estimate of drug-likeness (QED) is 0.524. The number of phenols is 1. The zero-order chi connectivity index (χ0) is 22.1. The molecule has 2 heterocycles. The number of nitrogens with two attached hydrogens (primary N) is 1. The molecule has 0 radical (unpaired) electrons. The van der Waals surface area contributed by atoms with Crippen molar-refractivity contribution >= 4 is 23.0 Å². The van der Waals surface area contributed by atoms with Gasteiger partial charge in [-0.2, -0.15) is 0 Å². The second-order valence-corrected chi connectivity index (χ2v) is 9.69. The summed E-state index contributed by atoms with van der Waals surface area (Å²) in [5.41, 5.74) is 9.57. The van der Waals surface area contributed by atoms with E-state index in [9.17, 15) is 14.7 Å². The van der Waals surface area contributed by atoms with Crippen LogP contribution in [0.3, 0.4) is 0 Å². The fraction of sp³-hybridized carbons (Fsp3) is 0.500. The monoisotopic (exact) mass is 430 g/mol. The molecule has 1 fully saturated rings. The fourth-order valence-electron chi connectivity index (χ4n) is 3.54. The molecule has 1 saturated heterocycles. The third-order valence-electron chi connectivity index (χ3n) is 5.54. The molecule has 30 heavy (non-hydrogen) atoms. The van der Waals surface area contributed by atoms with E-state index in [1.54, 1.807) is 17.6 Å². The molecule has 0 saturated carbocycles. The molecular weight excluding hydrogens is 400 g/mol. The van der Waals surface area contributed by atoms with E-state index in [1.165, 1.54) is 11.3 Å². The molecule has 7 nitrogen and oxygen atoms in total. The fourth-order valence-corrected chi connectivity index (χ4v) is 4.38. The molecule has 2 aromatic rings. The standard InChI is InChI=1S/C22H30N4O3S/c1-12-19(30-11-26-12)14-8-7-13(10-25-21(29)15-6-5-9-24-15)17(27)16(14)18(28)20(23)22(2,3)4/h7-8,11,15,20,24,27H,5-6,9-10,23H2,1-4H3,(H,25,29)/t15?,20-/m1/s1. The maximum absolute atomic E-state index is 13.3. The van der Waals surface area contributed by atoms with Gasteiger partial charge in [-0.1, -0.05) is 32.9 Å². The number of phenolic OH excluding ortho intramolecular Hbond substituents is 1. The highest BCUT2D eigenvalue weighted by atomic mass is 32.1. The van der Waals surface area contributed by atoms with E-state index >= 15 is 0 Å². The Morgan fingerprint density at radius 1 is 1.40 bits per heavy atom. The van der Waals surface area contributed by atoms with Gasteiger partial charge in [-0.05, 0) is 31.7 Å². The molecule has 1 aliphatic rings. The molecule has 162 valence electrons. The average molecular weight is 431 g/mol. The van der Waals surface area contributed by atoms with Crippen LogP contribution in [0.4, 0.5) is 0 Å². The average Bonchev–Trinajstić information content (AvgIpc) is 3.36. The SMILES string of the molecule is Cc1ncsc1-c1ccc(CNC(=O)C2CCCN2)c(O)c1C(=O)[C@@H](N)C(C)(C)C. The van der Waals surface area contributed by atoms with Gasteiger partial charge < -0.3 is 21.5 Å². The lowest BCUT2D eigenvalue weighted by molar-refractivity contribution is -0.122. The molecule has 1 aliphatic heterocycles. The molecule has 5 N–H and O–H groups in total. The number of aryl methyl sites for hydroxylation is 1. The second kappa shape index (κ2) is 8.83. The highest BCUT2D eigenvalue weighted by Crippen LogP contribution is 2.38. The van der Waals surface area contributed by atoms with Gasteiger partial charge in [-0.15, -0.1) is 11.3 Å². The summed E-state index contributed by atoms with van der Waals surface area (Å²) >= 11 is 1.41. The zero-order valence-corrected chi connectivity index (χ0v) is 18.7. The van der Waals surface area contributed by atoms with E-state index in [0.29, 0.717) is 11.1 Å². The number of Topliss-reactive ketones (excluding diaryl/α,β-unsaturated/α-hetero) is 1. The normalized spacial score (nSPS) is 17.7. The second-order valence-electron chi connectivity index (χ2n) is 8.84. The number of ketones is 1. The van der Waals surface area contributed by atoms with E-state index in [2.05, 4.69) is 15.6 Å². The zero-order valence-electron chi connectivity index (χ0n) is 17.9. The van der Waals surface area contributed by atoms with Crippen LogP contribution in [0.2, 0.25) is 0 Å². The Morgan fingerprint density at radius 3 is 2.70 bits per heavy atom. The van der Waals surface area contributed by atoms with Crippen LogP contribution in [0.5, 0.6) is 5.75 Å². The number of aromatic hydroxyl groups is 1. The number of hydrogen-bond donors (Lipinski definition) is 4. The number of carbonyl (C=O) groups excluding carboxylic acids is 2. The first kappa shape index (κ1) is 22.4. The van der Waals surface area contributed by atoms with Gasteiger partial charge >= 0.3 is 0 Å². The first-order chi connectivity index (χ1) is 14.1. The van der Waals surface area contributed by atoms with E-state index in [4.69, 9.17) is 5.73 Å². The van der Waals surface area contributed by atoms with E-state index in [-0.39, 0.29) is 35.6 Å². The molecule has 1 aromatic heterocycles. The van der Waals surface area contributed by atoms with Gasteiger partial charge in [-0.25, -0.2) is 4.98 Å². The van der Waals surface area contributed by atoms with E-state index in [0.717, 1.165) is 30.0 Å². The number of thiazole rings is 1. The Labute approximate surface area is 181 Å². The van der Waals surface area contributed by atoms with Crippen molar-refractivity contribution in [2.45, 2.75) is 59.2 Å². The lowest BCUT2D eigenvalue weighted by atomic mass is 9.81. The number of benzene rings is 1. The minimum Gasteiger partial charge on any atom is -0.507 e. The number of amides is 1. The number of carbonyl (C=O) groups is 2.